The molecule has 0 fully saturated rings. The van der Waals surface area contributed by atoms with E-state index in [1.165, 1.54) is 0 Å². The zero-order chi connectivity index (χ0) is 22.5. The van der Waals surface area contributed by atoms with Crippen LogP contribution >= 0.6 is 11.8 Å². The summed E-state index contributed by atoms with van der Waals surface area (Å²) >= 11 is 1.63. The first kappa shape index (κ1) is 22.4. The molecule has 0 bridgehead atoms. The van der Waals surface area contributed by atoms with E-state index < -0.39 is 11.9 Å². The molecule has 1 heterocycles. The third kappa shape index (κ3) is 4.89. The van der Waals surface area contributed by atoms with Crippen molar-refractivity contribution in [2.75, 3.05) is 13.2 Å². The summed E-state index contributed by atoms with van der Waals surface area (Å²) in [6.07, 6.45) is 0. The first-order valence-corrected chi connectivity index (χ1v) is 10.8. The average molecular weight is 433 g/mol. The zero-order valence-corrected chi connectivity index (χ0v) is 18.6. The van der Waals surface area contributed by atoms with Gasteiger partial charge >= 0.3 is 5.97 Å². The number of carbonyl (C=O) groups is 2. The summed E-state index contributed by atoms with van der Waals surface area (Å²) in [5.41, 5.74) is 3.85. The lowest BCUT2D eigenvalue weighted by atomic mass is 9.89. The number of carbonyl (C=O) groups excluding carboxylic acids is 2. The number of nitriles is 1. The highest BCUT2D eigenvalue weighted by molar-refractivity contribution is 7.99. The van der Waals surface area contributed by atoms with Gasteiger partial charge in [0, 0.05) is 20.9 Å². The molecule has 1 aliphatic rings. The molecule has 3 rings (SSSR count). The number of fused-ring (bicyclic) bond motifs is 2. The first-order valence-electron chi connectivity index (χ1n) is 10.00. The molecule has 6 heteroatoms. The predicted octanol–water partition coefficient (Wildman–Crippen LogP) is 4.84. The van der Waals surface area contributed by atoms with E-state index in [2.05, 4.69) is 50.0 Å². The maximum absolute atomic E-state index is 12.9. The fraction of sp³-hybridized carbons (Fsp3) is 0.240. The Labute approximate surface area is 186 Å². The minimum Gasteiger partial charge on any atom is -0.460 e. The summed E-state index contributed by atoms with van der Waals surface area (Å²) < 4.78 is 5.01. The molecule has 0 saturated carbocycles. The van der Waals surface area contributed by atoms with Gasteiger partial charge in [-0.25, -0.2) is 4.79 Å². The van der Waals surface area contributed by atoms with E-state index in [9.17, 15) is 14.9 Å². The number of hydrogen-bond acceptors (Lipinski definition) is 5. The van der Waals surface area contributed by atoms with Gasteiger partial charge in [0.15, 0.2) is 0 Å². The molecule has 1 amide bonds. The lowest BCUT2D eigenvalue weighted by Gasteiger charge is -2.24. The van der Waals surface area contributed by atoms with Gasteiger partial charge < -0.3 is 10.1 Å². The maximum Gasteiger partial charge on any atom is 0.333 e. The minimum absolute atomic E-state index is 0.00595. The van der Waals surface area contributed by atoms with Gasteiger partial charge in [-0.15, -0.1) is 0 Å². The Hall–Kier alpha value is -3.30. The van der Waals surface area contributed by atoms with Crippen molar-refractivity contribution >= 4 is 29.2 Å². The highest BCUT2D eigenvalue weighted by atomic mass is 32.2. The number of ether oxygens (including phenoxy) is 1. The van der Waals surface area contributed by atoms with Gasteiger partial charge in [0.2, 0.25) is 0 Å². The number of amides is 1. The molecular weight excluding hydrogens is 408 g/mol. The Bertz CT molecular complexity index is 1130. The van der Waals surface area contributed by atoms with E-state index in [1.807, 2.05) is 24.3 Å². The summed E-state index contributed by atoms with van der Waals surface area (Å²) in [7, 11) is 0. The molecule has 0 aromatic heterocycles. The molecule has 0 radical (unpaired) electrons. The normalized spacial score (nSPS) is 13.5. The van der Waals surface area contributed by atoms with Crippen molar-refractivity contribution in [3.05, 3.63) is 76.9 Å². The van der Waals surface area contributed by atoms with Crippen molar-refractivity contribution in [3.63, 3.8) is 0 Å². The summed E-state index contributed by atoms with van der Waals surface area (Å²) in [6, 6.07) is 16.1. The largest absolute Gasteiger partial charge is 0.460 e. The Balaban J connectivity index is 1.98. The second kappa shape index (κ2) is 9.67. The second-order valence-electron chi connectivity index (χ2n) is 7.54. The van der Waals surface area contributed by atoms with E-state index in [4.69, 9.17) is 4.74 Å². The first-order chi connectivity index (χ1) is 14.8. The maximum atomic E-state index is 12.9. The van der Waals surface area contributed by atoms with Crippen LogP contribution in [0.3, 0.4) is 0 Å². The molecule has 31 heavy (non-hydrogen) atoms. The van der Waals surface area contributed by atoms with Crippen molar-refractivity contribution in [2.24, 2.45) is 0 Å². The minimum atomic E-state index is -0.513. The Morgan fingerprint density at radius 3 is 2.55 bits per heavy atom. The van der Waals surface area contributed by atoms with Crippen molar-refractivity contribution in [1.82, 2.24) is 5.32 Å². The van der Waals surface area contributed by atoms with Crippen LogP contribution in [-0.4, -0.2) is 25.0 Å². The molecule has 0 aliphatic carbocycles. The van der Waals surface area contributed by atoms with Gasteiger partial charge in [-0.3, -0.25) is 4.79 Å². The Morgan fingerprint density at radius 2 is 1.87 bits per heavy atom. The van der Waals surface area contributed by atoms with Crippen LogP contribution in [0.2, 0.25) is 0 Å². The Kier molecular flexibility index (Phi) is 6.98. The van der Waals surface area contributed by atoms with Crippen LogP contribution in [0.5, 0.6) is 0 Å². The monoisotopic (exact) mass is 432 g/mol. The van der Waals surface area contributed by atoms with Crippen molar-refractivity contribution in [2.45, 2.75) is 36.5 Å². The van der Waals surface area contributed by atoms with Gasteiger partial charge in [-0.05, 0) is 47.7 Å². The van der Waals surface area contributed by atoms with Crippen LogP contribution in [0, 0.1) is 11.3 Å². The molecule has 1 aliphatic heterocycles. The smallest absolute Gasteiger partial charge is 0.333 e. The van der Waals surface area contributed by atoms with E-state index in [0.29, 0.717) is 17.1 Å². The third-order valence-electron chi connectivity index (χ3n) is 4.87. The third-order valence-corrected chi connectivity index (χ3v) is 6.03. The van der Waals surface area contributed by atoms with Crippen molar-refractivity contribution < 1.29 is 14.3 Å². The topological polar surface area (TPSA) is 79.2 Å². The summed E-state index contributed by atoms with van der Waals surface area (Å²) in [5.74, 6) is -0.691. The standard InChI is InChI=1S/C25H24N2O3S/c1-15(2)17-9-10-22-19(13-17)23(18-7-5-6-8-21(18)31-22)20(14-26)24(28)27-11-12-30-25(29)16(3)4/h5-10,13,15H,3,11-12H2,1-2,4H3,(H,27,28). The van der Waals surface area contributed by atoms with Crippen LogP contribution < -0.4 is 5.32 Å². The highest BCUT2D eigenvalue weighted by Crippen LogP contribution is 2.47. The van der Waals surface area contributed by atoms with Gasteiger partial charge in [0.25, 0.3) is 5.91 Å². The van der Waals surface area contributed by atoms with Crippen LogP contribution in [0.25, 0.3) is 5.57 Å². The number of esters is 1. The van der Waals surface area contributed by atoms with Crippen molar-refractivity contribution in [3.8, 4) is 6.07 Å². The fourth-order valence-corrected chi connectivity index (χ4v) is 4.30. The number of hydrogen-bond donors (Lipinski definition) is 1. The van der Waals surface area contributed by atoms with E-state index in [1.54, 1.807) is 18.7 Å². The molecule has 2 aromatic carbocycles. The van der Waals surface area contributed by atoms with E-state index in [0.717, 1.165) is 26.5 Å². The predicted molar refractivity (Wildman–Crippen MR) is 122 cm³/mol. The van der Waals surface area contributed by atoms with E-state index >= 15 is 0 Å². The highest BCUT2D eigenvalue weighted by Gasteiger charge is 2.27. The second-order valence-corrected chi connectivity index (χ2v) is 8.63. The van der Waals surface area contributed by atoms with Crippen molar-refractivity contribution in [1.29, 1.82) is 5.26 Å². The van der Waals surface area contributed by atoms with Crippen LogP contribution in [-0.2, 0) is 14.3 Å². The van der Waals surface area contributed by atoms with Crippen LogP contribution in [0.15, 0.2) is 70.0 Å². The van der Waals surface area contributed by atoms with Gasteiger partial charge in [0.05, 0.1) is 6.54 Å². The number of benzene rings is 2. The van der Waals surface area contributed by atoms with Gasteiger partial charge in [0.1, 0.15) is 18.2 Å². The van der Waals surface area contributed by atoms with Gasteiger partial charge in [-0.2, -0.15) is 5.26 Å². The molecule has 158 valence electrons. The fourth-order valence-electron chi connectivity index (χ4n) is 3.23. The summed E-state index contributed by atoms with van der Waals surface area (Å²) in [5, 5.41) is 12.6. The molecule has 0 atom stereocenters. The molecule has 1 N–H and O–H groups in total. The molecule has 5 nitrogen and oxygen atoms in total. The molecule has 0 saturated heterocycles. The SMILES string of the molecule is C=C(C)C(=O)OCCNC(=O)C(C#N)=C1c2ccccc2Sc2ccc(C(C)C)cc21. The number of rotatable bonds is 6. The molecular formula is C25H24N2O3S. The van der Waals surface area contributed by atoms with Crippen LogP contribution in [0.4, 0.5) is 0 Å². The van der Waals surface area contributed by atoms with Crippen LogP contribution in [0.1, 0.15) is 43.4 Å². The summed E-state index contributed by atoms with van der Waals surface area (Å²) in [4.78, 5) is 26.4. The van der Waals surface area contributed by atoms with E-state index in [-0.39, 0.29) is 18.7 Å². The molecule has 2 aromatic rings. The molecule has 0 unspecified atom stereocenters. The lowest BCUT2D eigenvalue weighted by molar-refractivity contribution is -0.139. The summed E-state index contributed by atoms with van der Waals surface area (Å²) in [6.45, 7) is 9.40. The zero-order valence-electron chi connectivity index (χ0n) is 17.8. The van der Waals surface area contributed by atoms with Gasteiger partial charge in [-0.1, -0.05) is 56.5 Å². The average Bonchev–Trinajstić information content (AvgIpc) is 2.76. The number of nitrogens with one attached hydrogen (secondary N) is 1. The lowest BCUT2D eigenvalue weighted by Crippen LogP contribution is -2.30. The molecule has 0 spiro atoms. The quantitative estimate of drug-likeness (QED) is 0.261. The Morgan fingerprint density at radius 1 is 1.16 bits per heavy atom. The number of nitrogens with zero attached hydrogens (tertiary/aromatic N) is 1.